The van der Waals surface area contributed by atoms with Crippen molar-refractivity contribution in [2.24, 2.45) is 0 Å². The molecule has 0 aliphatic heterocycles. The lowest BCUT2D eigenvalue weighted by atomic mass is 9.95. The highest BCUT2D eigenvalue weighted by atomic mass is 79.9. The van der Waals surface area contributed by atoms with Crippen LogP contribution in [-0.2, 0) is 6.42 Å². The molecule has 0 aliphatic rings. The molecule has 1 atom stereocenters. The van der Waals surface area contributed by atoms with Gasteiger partial charge in [0.15, 0.2) is 0 Å². The van der Waals surface area contributed by atoms with Crippen molar-refractivity contribution < 1.29 is 4.39 Å². The zero-order valence-corrected chi connectivity index (χ0v) is 12.7. The summed E-state index contributed by atoms with van der Waals surface area (Å²) in [5.41, 5.74) is 3.36. The van der Waals surface area contributed by atoms with E-state index in [2.05, 4.69) is 33.4 Å². The summed E-state index contributed by atoms with van der Waals surface area (Å²) in [6, 6.07) is 13.3. The number of aryl methyl sites for hydroxylation is 1. The molecule has 1 nitrogen and oxygen atoms in total. The smallest absolute Gasteiger partial charge is 0.123 e. The molecule has 1 unspecified atom stereocenters. The summed E-state index contributed by atoms with van der Waals surface area (Å²) in [5.74, 6) is -0.184. The van der Waals surface area contributed by atoms with Crippen LogP contribution in [-0.4, -0.2) is 7.05 Å². The van der Waals surface area contributed by atoms with Gasteiger partial charge in [-0.05, 0) is 61.3 Å². The van der Waals surface area contributed by atoms with Gasteiger partial charge >= 0.3 is 0 Å². The largest absolute Gasteiger partial charge is 0.313 e. The molecule has 0 bridgehead atoms. The molecule has 2 rings (SSSR count). The highest BCUT2D eigenvalue weighted by Crippen LogP contribution is 2.23. The lowest BCUT2D eigenvalue weighted by molar-refractivity contribution is 0.574. The van der Waals surface area contributed by atoms with Gasteiger partial charge in [0, 0.05) is 10.5 Å². The third kappa shape index (κ3) is 3.64. The molecule has 0 radical (unpaired) electrons. The maximum atomic E-state index is 13.4. The van der Waals surface area contributed by atoms with Crippen LogP contribution in [0.2, 0.25) is 0 Å². The van der Waals surface area contributed by atoms with Crippen molar-refractivity contribution in [1.29, 1.82) is 0 Å². The van der Waals surface area contributed by atoms with Crippen molar-refractivity contribution in [3.05, 3.63) is 69.4 Å². The van der Waals surface area contributed by atoms with E-state index in [0.717, 1.165) is 22.0 Å². The predicted molar refractivity (Wildman–Crippen MR) is 80.8 cm³/mol. The first kappa shape index (κ1) is 14.2. The Balaban J connectivity index is 2.24. The first-order chi connectivity index (χ1) is 9.10. The van der Waals surface area contributed by atoms with Crippen LogP contribution in [0.3, 0.4) is 0 Å². The predicted octanol–water partition coefficient (Wildman–Crippen LogP) is 4.40. The summed E-state index contributed by atoms with van der Waals surface area (Å²) in [4.78, 5) is 0. The normalized spacial score (nSPS) is 12.4. The molecule has 1 N–H and O–H groups in total. The molecule has 100 valence electrons. The van der Waals surface area contributed by atoms with Crippen LogP contribution >= 0.6 is 15.9 Å². The Morgan fingerprint density at radius 1 is 1.16 bits per heavy atom. The van der Waals surface area contributed by atoms with Crippen molar-refractivity contribution in [3.63, 3.8) is 0 Å². The SMILES string of the molecule is CNC(Cc1ccc(Br)cc1)c1cc(F)ccc1C. The van der Waals surface area contributed by atoms with E-state index in [1.165, 1.54) is 11.6 Å². The van der Waals surface area contributed by atoms with E-state index in [4.69, 9.17) is 0 Å². The maximum Gasteiger partial charge on any atom is 0.123 e. The fourth-order valence-electron chi connectivity index (χ4n) is 2.21. The van der Waals surface area contributed by atoms with Gasteiger partial charge in [0.2, 0.25) is 0 Å². The molecule has 0 saturated carbocycles. The van der Waals surface area contributed by atoms with Gasteiger partial charge in [-0.25, -0.2) is 4.39 Å². The second-order valence-corrected chi connectivity index (χ2v) is 5.59. The standard InChI is InChI=1S/C16H17BrFN/c1-11-3-8-14(18)10-15(11)16(19-2)9-12-4-6-13(17)7-5-12/h3-8,10,16,19H,9H2,1-2H3. The third-order valence-corrected chi connectivity index (χ3v) is 3.85. The first-order valence-electron chi connectivity index (χ1n) is 6.28. The van der Waals surface area contributed by atoms with Gasteiger partial charge in [0.25, 0.3) is 0 Å². The van der Waals surface area contributed by atoms with Crippen LogP contribution in [0.25, 0.3) is 0 Å². The molecular formula is C16H17BrFN. The second kappa shape index (κ2) is 6.31. The topological polar surface area (TPSA) is 12.0 Å². The highest BCUT2D eigenvalue weighted by molar-refractivity contribution is 9.10. The van der Waals surface area contributed by atoms with Crippen molar-refractivity contribution in [3.8, 4) is 0 Å². The molecular weight excluding hydrogens is 305 g/mol. The molecule has 19 heavy (non-hydrogen) atoms. The Hall–Kier alpha value is -1.19. The van der Waals surface area contributed by atoms with Gasteiger partial charge in [-0.1, -0.05) is 34.1 Å². The minimum Gasteiger partial charge on any atom is -0.313 e. The fourth-order valence-corrected chi connectivity index (χ4v) is 2.47. The van der Waals surface area contributed by atoms with Crippen LogP contribution in [0.4, 0.5) is 4.39 Å². The molecule has 0 saturated heterocycles. The third-order valence-electron chi connectivity index (χ3n) is 3.32. The number of nitrogens with one attached hydrogen (secondary N) is 1. The average molecular weight is 322 g/mol. The summed E-state index contributed by atoms with van der Waals surface area (Å²) in [6.07, 6.45) is 0.841. The van der Waals surface area contributed by atoms with E-state index in [-0.39, 0.29) is 11.9 Å². The van der Waals surface area contributed by atoms with Crippen LogP contribution in [0, 0.1) is 12.7 Å². The minimum atomic E-state index is -0.184. The van der Waals surface area contributed by atoms with E-state index in [1.807, 2.05) is 32.2 Å². The van der Waals surface area contributed by atoms with Gasteiger partial charge in [-0.2, -0.15) is 0 Å². The van der Waals surface area contributed by atoms with E-state index < -0.39 is 0 Å². The molecule has 2 aromatic rings. The zero-order valence-electron chi connectivity index (χ0n) is 11.1. The Morgan fingerprint density at radius 3 is 2.47 bits per heavy atom. The van der Waals surface area contributed by atoms with Crippen molar-refractivity contribution >= 4 is 15.9 Å². The van der Waals surface area contributed by atoms with Gasteiger partial charge in [-0.3, -0.25) is 0 Å². The summed E-state index contributed by atoms with van der Waals surface area (Å²) in [6.45, 7) is 2.01. The Bertz CT molecular complexity index is 551. The molecule has 3 heteroatoms. The number of hydrogen-bond donors (Lipinski definition) is 1. The molecule has 0 fully saturated rings. The van der Waals surface area contributed by atoms with Gasteiger partial charge < -0.3 is 5.32 Å². The van der Waals surface area contributed by atoms with Gasteiger partial charge in [-0.15, -0.1) is 0 Å². The Kier molecular flexibility index (Phi) is 4.72. The van der Waals surface area contributed by atoms with Crippen molar-refractivity contribution in [1.82, 2.24) is 5.32 Å². The molecule has 0 amide bonds. The Labute approximate surface area is 122 Å². The number of rotatable bonds is 4. The number of hydrogen-bond acceptors (Lipinski definition) is 1. The van der Waals surface area contributed by atoms with E-state index in [1.54, 1.807) is 6.07 Å². The minimum absolute atomic E-state index is 0.122. The lowest BCUT2D eigenvalue weighted by Gasteiger charge is -2.19. The van der Waals surface area contributed by atoms with Crippen molar-refractivity contribution in [2.45, 2.75) is 19.4 Å². The molecule has 0 heterocycles. The van der Waals surface area contributed by atoms with Gasteiger partial charge in [0.05, 0.1) is 0 Å². The zero-order chi connectivity index (χ0) is 13.8. The molecule has 0 aromatic heterocycles. The van der Waals surface area contributed by atoms with Crippen LogP contribution in [0.15, 0.2) is 46.9 Å². The van der Waals surface area contributed by atoms with Crippen LogP contribution in [0.1, 0.15) is 22.7 Å². The molecule has 0 aliphatic carbocycles. The van der Waals surface area contributed by atoms with Crippen LogP contribution in [0.5, 0.6) is 0 Å². The fraction of sp³-hybridized carbons (Fsp3) is 0.250. The monoisotopic (exact) mass is 321 g/mol. The van der Waals surface area contributed by atoms with E-state index >= 15 is 0 Å². The number of likely N-dealkylation sites (N-methyl/N-ethyl adjacent to an activating group) is 1. The highest BCUT2D eigenvalue weighted by Gasteiger charge is 2.13. The molecule has 2 aromatic carbocycles. The number of benzene rings is 2. The Morgan fingerprint density at radius 2 is 1.84 bits per heavy atom. The average Bonchev–Trinajstić information content (AvgIpc) is 2.41. The second-order valence-electron chi connectivity index (χ2n) is 4.67. The number of halogens is 2. The summed E-state index contributed by atoms with van der Waals surface area (Å²) >= 11 is 3.43. The van der Waals surface area contributed by atoms with E-state index in [0.29, 0.717) is 0 Å². The van der Waals surface area contributed by atoms with E-state index in [9.17, 15) is 4.39 Å². The van der Waals surface area contributed by atoms with Gasteiger partial charge in [0.1, 0.15) is 5.82 Å². The first-order valence-corrected chi connectivity index (χ1v) is 7.07. The quantitative estimate of drug-likeness (QED) is 0.880. The summed E-state index contributed by atoms with van der Waals surface area (Å²) in [7, 11) is 1.91. The van der Waals surface area contributed by atoms with Crippen LogP contribution < -0.4 is 5.32 Å². The lowest BCUT2D eigenvalue weighted by Crippen LogP contribution is -2.20. The van der Waals surface area contributed by atoms with Crippen molar-refractivity contribution in [2.75, 3.05) is 7.05 Å². The molecule has 0 spiro atoms. The maximum absolute atomic E-state index is 13.4. The summed E-state index contributed by atoms with van der Waals surface area (Å²) in [5, 5.41) is 3.27. The summed E-state index contributed by atoms with van der Waals surface area (Å²) < 4.78 is 14.5.